The molecule has 0 bridgehead atoms. The van der Waals surface area contributed by atoms with Crippen LogP contribution in [0.3, 0.4) is 0 Å². The third kappa shape index (κ3) is 9.53. The van der Waals surface area contributed by atoms with E-state index < -0.39 is 0 Å². The van der Waals surface area contributed by atoms with Crippen LogP contribution < -0.4 is 19.6 Å². The van der Waals surface area contributed by atoms with Crippen LogP contribution in [0.1, 0.15) is 47.8 Å². The topological polar surface area (TPSA) is 64.2 Å². The van der Waals surface area contributed by atoms with Crippen molar-refractivity contribution in [1.82, 2.24) is 0 Å². The summed E-state index contributed by atoms with van der Waals surface area (Å²) in [6.45, 7) is 6.05. The van der Waals surface area contributed by atoms with E-state index in [9.17, 15) is 14.4 Å². The van der Waals surface area contributed by atoms with Crippen LogP contribution in [0, 0.1) is 20.8 Å². The molecule has 7 heteroatoms. The van der Waals surface area contributed by atoms with E-state index in [1.165, 1.54) is 0 Å². The molecule has 0 aliphatic rings. The number of nitrogens with zero attached hydrogens (tertiary/aromatic N) is 4. The number of rotatable bonds is 12. The minimum absolute atomic E-state index is 0.145. The van der Waals surface area contributed by atoms with Crippen molar-refractivity contribution in [2.24, 2.45) is 0 Å². The van der Waals surface area contributed by atoms with Gasteiger partial charge < -0.3 is 4.90 Å². The second-order valence-corrected chi connectivity index (χ2v) is 16.4. The van der Waals surface area contributed by atoms with Gasteiger partial charge in [0.2, 0.25) is 0 Å². The van der Waals surface area contributed by atoms with E-state index in [1.807, 2.05) is 257 Å². The van der Waals surface area contributed by atoms with Crippen molar-refractivity contribution in [3.8, 4) is 0 Å². The molecular weight excluding hydrogens is 825 g/mol. The number of carbonyl (C=O) groups excluding carboxylic acids is 3. The van der Waals surface area contributed by atoms with Crippen molar-refractivity contribution in [2.45, 2.75) is 20.8 Å². The van der Waals surface area contributed by atoms with Crippen molar-refractivity contribution in [1.29, 1.82) is 0 Å². The fraction of sp³-hybridized carbons (Fsp3) is 0.0500. The van der Waals surface area contributed by atoms with Crippen LogP contribution in [-0.4, -0.2) is 17.7 Å². The first-order chi connectivity index (χ1) is 32.7. The number of aryl methyl sites for hydroxylation is 3. The lowest BCUT2D eigenvalue weighted by atomic mass is 10.1. The lowest BCUT2D eigenvalue weighted by Gasteiger charge is -2.29. The molecule has 0 fully saturated rings. The Bertz CT molecular complexity index is 2810. The summed E-state index contributed by atoms with van der Waals surface area (Å²) >= 11 is 0. The second kappa shape index (κ2) is 19.5. The SMILES string of the molecule is Cc1cccc(N(C(=O)c2ccccc2)c2ccc(N(c3ccc(N(C(=O)c4ccccc4)c4cccc(C)c4)cc3)c3ccc(N(C(=O)c4ccccc4)c4cccc(C)c4)cc3)cc2)c1. The van der Waals surface area contributed by atoms with Crippen molar-refractivity contribution in [2.75, 3.05) is 19.6 Å². The predicted octanol–water partition coefficient (Wildman–Crippen LogP) is 15.0. The Balaban J connectivity index is 1.14. The summed E-state index contributed by atoms with van der Waals surface area (Å²) in [5.41, 5.74) is 11.7. The quantitative estimate of drug-likeness (QED) is 0.123. The van der Waals surface area contributed by atoms with Gasteiger partial charge in [-0.2, -0.15) is 0 Å². The lowest BCUT2D eigenvalue weighted by molar-refractivity contribution is 0.0991. The number of anilines is 9. The maximum Gasteiger partial charge on any atom is 0.262 e. The van der Waals surface area contributed by atoms with E-state index in [1.54, 1.807) is 14.7 Å². The van der Waals surface area contributed by atoms with Gasteiger partial charge in [-0.25, -0.2) is 0 Å². The molecule has 0 aliphatic carbocycles. The van der Waals surface area contributed by atoms with Gasteiger partial charge in [-0.05, 0) is 183 Å². The van der Waals surface area contributed by atoms with Gasteiger partial charge >= 0.3 is 0 Å². The fourth-order valence-corrected chi connectivity index (χ4v) is 8.28. The van der Waals surface area contributed by atoms with E-state index in [0.717, 1.165) is 50.8 Å². The maximum absolute atomic E-state index is 14.3. The Morgan fingerprint density at radius 3 is 0.731 bits per heavy atom. The van der Waals surface area contributed by atoms with Gasteiger partial charge in [0, 0.05) is 67.9 Å². The summed E-state index contributed by atoms with van der Waals surface area (Å²) in [5.74, 6) is -0.435. The summed E-state index contributed by atoms with van der Waals surface area (Å²) in [7, 11) is 0. The zero-order valence-corrected chi connectivity index (χ0v) is 37.5. The molecule has 0 aliphatic heterocycles. The maximum atomic E-state index is 14.3. The van der Waals surface area contributed by atoms with Crippen LogP contribution in [0.4, 0.5) is 51.2 Å². The molecule has 0 spiro atoms. The number of amides is 3. The third-order valence-electron chi connectivity index (χ3n) is 11.5. The van der Waals surface area contributed by atoms with Gasteiger partial charge in [-0.3, -0.25) is 29.1 Å². The number of benzene rings is 9. The molecule has 0 radical (unpaired) electrons. The monoisotopic (exact) mass is 872 g/mol. The van der Waals surface area contributed by atoms with Crippen LogP contribution in [0.5, 0.6) is 0 Å². The summed E-state index contributed by atoms with van der Waals surface area (Å²) in [6, 6.07) is 75.5. The van der Waals surface area contributed by atoms with Crippen molar-refractivity contribution in [3.63, 3.8) is 0 Å². The standard InChI is InChI=1S/C60H48N4O3/c1-43-16-13-25-55(40-43)62(58(65)46-19-7-4-8-20-46)52-34-28-49(29-35-52)61(50-30-36-53(37-31-50)63(56-26-14-17-44(2)41-56)59(66)47-21-9-5-10-22-47)51-32-38-54(39-33-51)64(57-27-15-18-45(3)42-57)60(67)48-23-11-6-12-24-48/h4-42H,1-3H3. The number of hydrogen-bond acceptors (Lipinski definition) is 4. The van der Waals surface area contributed by atoms with E-state index in [2.05, 4.69) is 4.90 Å². The molecule has 0 aromatic heterocycles. The normalized spacial score (nSPS) is 10.8. The molecule has 0 saturated carbocycles. The molecule has 7 nitrogen and oxygen atoms in total. The molecule has 0 unspecified atom stereocenters. The Labute approximate surface area is 392 Å². The fourth-order valence-electron chi connectivity index (χ4n) is 8.28. The third-order valence-corrected chi connectivity index (χ3v) is 11.5. The van der Waals surface area contributed by atoms with Crippen molar-refractivity contribution in [3.05, 3.63) is 270 Å². The van der Waals surface area contributed by atoms with Gasteiger partial charge in [0.05, 0.1) is 0 Å². The molecule has 0 saturated heterocycles. The van der Waals surface area contributed by atoms with Crippen LogP contribution in [0.15, 0.2) is 237 Å². The zero-order valence-electron chi connectivity index (χ0n) is 37.5. The predicted molar refractivity (Wildman–Crippen MR) is 273 cm³/mol. The molecule has 326 valence electrons. The van der Waals surface area contributed by atoms with E-state index in [-0.39, 0.29) is 17.7 Å². The highest BCUT2D eigenvalue weighted by molar-refractivity contribution is 6.13. The van der Waals surface area contributed by atoms with Crippen LogP contribution in [-0.2, 0) is 0 Å². The van der Waals surface area contributed by atoms with Gasteiger partial charge in [-0.1, -0.05) is 91.0 Å². The molecular formula is C60H48N4O3. The van der Waals surface area contributed by atoms with Gasteiger partial charge in [0.15, 0.2) is 0 Å². The molecule has 0 heterocycles. The van der Waals surface area contributed by atoms with Gasteiger partial charge in [0.1, 0.15) is 0 Å². The van der Waals surface area contributed by atoms with E-state index in [0.29, 0.717) is 33.8 Å². The second-order valence-electron chi connectivity index (χ2n) is 16.4. The number of hydrogen-bond donors (Lipinski definition) is 0. The highest BCUT2D eigenvalue weighted by atomic mass is 16.2. The highest BCUT2D eigenvalue weighted by Crippen LogP contribution is 2.40. The summed E-state index contributed by atoms with van der Waals surface area (Å²) in [6.07, 6.45) is 0. The first kappa shape index (κ1) is 43.4. The van der Waals surface area contributed by atoms with Crippen LogP contribution in [0.25, 0.3) is 0 Å². The van der Waals surface area contributed by atoms with Crippen LogP contribution in [0.2, 0.25) is 0 Å². The summed E-state index contributed by atoms with van der Waals surface area (Å²) in [4.78, 5) is 50.2. The Hall–Kier alpha value is -8.81. The highest BCUT2D eigenvalue weighted by Gasteiger charge is 2.25. The van der Waals surface area contributed by atoms with E-state index in [4.69, 9.17) is 0 Å². The zero-order chi connectivity index (χ0) is 46.3. The molecule has 9 aromatic rings. The smallest absolute Gasteiger partial charge is 0.262 e. The number of carbonyl (C=O) groups is 3. The summed E-state index contributed by atoms with van der Waals surface area (Å²) < 4.78 is 0. The van der Waals surface area contributed by atoms with Gasteiger partial charge in [0.25, 0.3) is 17.7 Å². The Kier molecular flexibility index (Phi) is 12.7. The molecule has 0 atom stereocenters. The minimum atomic E-state index is -0.145. The lowest BCUT2D eigenvalue weighted by Crippen LogP contribution is -2.26. The largest absolute Gasteiger partial charge is 0.310 e. The molecule has 9 aromatic carbocycles. The molecule has 67 heavy (non-hydrogen) atoms. The van der Waals surface area contributed by atoms with E-state index >= 15 is 0 Å². The van der Waals surface area contributed by atoms with Crippen molar-refractivity contribution >= 4 is 68.9 Å². The molecule has 0 N–H and O–H groups in total. The summed E-state index contributed by atoms with van der Waals surface area (Å²) in [5, 5.41) is 0. The van der Waals surface area contributed by atoms with Gasteiger partial charge in [-0.15, -0.1) is 0 Å². The first-order valence-corrected chi connectivity index (χ1v) is 22.2. The van der Waals surface area contributed by atoms with Crippen LogP contribution >= 0.6 is 0 Å². The Morgan fingerprint density at radius 1 is 0.254 bits per heavy atom. The van der Waals surface area contributed by atoms with Crippen molar-refractivity contribution < 1.29 is 14.4 Å². The minimum Gasteiger partial charge on any atom is -0.310 e. The Morgan fingerprint density at radius 2 is 0.493 bits per heavy atom. The molecule has 9 rings (SSSR count). The average molecular weight is 873 g/mol. The molecule has 3 amide bonds. The first-order valence-electron chi connectivity index (χ1n) is 22.2. The average Bonchev–Trinajstić information content (AvgIpc) is 3.36.